The van der Waals surface area contributed by atoms with E-state index in [-0.39, 0.29) is 5.91 Å². The molecule has 1 aliphatic rings. The Kier molecular flexibility index (Phi) is 9.54. The Hall–Kier alpha value is -3.19. The summed E-state index contributed by atoms with van der Waals surface area (Å²) in [5.74, 6) is -3.39. The number of hydrogen-bond acceptors (Lipinski definition) is 4. The topological polar surface area (TPSA) is 98.2 Å². The van der Waals surface area contributed by atoms with Gasteiger partial charge in [0.2, 0.25) is 5.91 Å². The molecule has 0 aromatic heterocycles. The number of carbonyl (C=O) groups excluding carboxylic acids is 1. The molecule has 30 heavy (non-hydrogen) atoms. The monoisotopic (exact) mass is 412 g/mol. The van der Waals surface area contributed by atoms with E-state index in [1.807, 2.05) is 35.2 Å². The fraction of sp³-hybridized carbons (Fsp3) is 0.348. The van der Waals surface area contributed by atoms with Gasteiger partial charge in [-0.05, 0) is 30.5 Å². The second-order valence-corrected chi connectivity index (χ2v) is 7.08. The van der Waals surface area contributed by atoms with E-state index in [9.17, 15) is 4.79 Å². The molecule has 7 nitrogen and oxygen atoms in total. The van der Waals surface area contributed by atoms with Crippen LogP contribution >= 0.6 is 0 Å². The highest BCUT2D eigenvalue weighted by atomic mass is 16.4. The van der Waals surface area contributed by atoms with Crippen LogP contribution in [-0.2, 0) is 27.2 Å². The largest absolute Gasteiger partial charge is 0.473 e. The molecule has 0 unspecified atom stereocenters. The molecule has 1 aliphatic heterocycles. The van der Waals surface area contributed by atoms with Gasteiger partial charge in [0.1, 0.15) is 0 Å². The zero-order chi connectivity index (χ0) is 21.8. The van der Waals surface area contributed by atoms with Crippen molar-refractivity contribution in [1.82, 2.24) is 9.80 Å². The number of aryl methyl sites for hydroxylation is 1. The third-order valence-electron chi connectivity index (χ3n) is 4.89. The highest BCUT2D eigenvalue weighted by molar-refractivity contribution is 6.27. The highest BCUT2D eigenvalue weighted by Gasteiger charge is 2.20. The van der Waals surface area contributed by atoms with Crippen LogP contribution in [0.1, 0.15) is 17.5 Å². The molecular weight excluding hydrogens is 384 g/mol. The van der Waals surface area contributed by atoms with Crippen molar-refractivity contribution in [3.05, 3.63) is 71.8 Å². The van der Waals surface area contributed by atoms with Crippen molar-refractivity contribution in [2.24, 2.45) is 0 Å². The van der Waals surface area contributed by atoms with E-state index in [0.29, 0.717) is 6.42 Å². The molecule has 1 fully saturated rings. The maximum atomic E-state index is 12.4. The van der Waals surface area contributed by atoms with Crippen molar-refractivity contribution in [3.63, 3.8) is 0 Å². The number of benzene rings is 2. The lowest BCUT2D eigenvalue weighted by atomic mass is 10.1. The maximum absolute atomic E-state index is 12.4. The van der Waals surface area contributed by atoms with Gasteiger partial charge in [0, 0.05) is 26.2 Å². The van der Waals surface area contributed by atoms with Gasteiger partial charge in [0.25, 0.3) is 0 Å². The number of rotatable bonds is 6. The Morgan fingerprint density at radius 2 is 1.23 bits per heavy atom. The number of nitrogens with zero attached hydrogens (tertiary/aromatic N) is 2. The lowest BCUT2D eigenvalue weighted by Crippen LogP contribution is -2.49. The van der Waals surface area contributed by atoms with Crippen LogP contribution in [0.3, 0.4) is 0 Å². The molecule has 0 radical (unpaired) electrons. The summed E-state index contributed by atoms with van der Waals surface area (Å²) in [4.78, 5) is 35.1. The molecule has 3 rings (SSSR count). The third-order valence-corrected chi connectivity index (χ3v) is 4.89. The smallest absolute Gasteiger partial charge is 0.414 e. The van der Waals surface area contributed by atoms with Crippen LogP contribution in [0.25, 0.3) is 0 Å². The Morgan fingerprint density at radius 3 is 1.73 bits per heavy atom. The number of carboxylic acid groups (broad SMARTS) is 2. The van der Waals surface area contributed by atoms with Crippen molar-refractivity contribution < 1.29 is 24.6 Å². The molecule has 1 saturated heterocycles. The average molecular weight is 412 g/mol. The minimum atomic E-state index is -1.82. The number of carboxylic acids is 2. The number of aliphatic carboxylic acids is 2. The highest BCUT2D eigenvalue weighted by Crippen LogP contribution is 2.09. The van der Waals surface area contributed by atoms with Crippen LogP contribution in [0, 0.1) is 0 Å². The minimum absolute atomic E-state index is 0.255. The summed E-state index contributed by atoms with van der Waals surface area (Å²) < 4.78 is 0. The van der Waals surface area contributed by atoms with Gasteiger partial charge in [-0.3, -0.25) is 9.69 Å². The molecule has 0 saturated carbocycles. The first kappa shape index (κ1) is 23.1. The van der Waals surface area contributed by atoms with Gasteiger partial charge in [-0.15, -0.1) is 0 Å². The lowest BCUT2D eigenvalue weighted by molar-refractivity contribution is -0.159. The van der Waals surface area contributed by atoms with Crippen molar-refractivity contribution in [2.75, 3.05) is 32.7 Å². The standard InChI is InChI=1S/C21H26N2O.C2H2O4/c24-21(18-20-10-5-2-6-11-20)23-16-14-22(15-17-23)13-7-12-19-8-3-1-4-9-19;3-1(4)2(5)6/h1-6,8-11H,7,12-18H2;(H,3,4)(H,5,6). The van der Waals surface area contributed by atoms with Gasteiger partial charge in [-0.2, -0.15) is 0 Å². The van der Waals surface area contributed by atoms with Crippen LogP contribution in [0.2, 0.25) is 0 Å². The van der Waals surface area contributed by atoms with E-state index in [1.165, 1.54) is 12.0 Å². The first-order chi connectivity index (χ1) is 14.5. The van der Waals surface area contributed by atoms with Crippen molar-refractivity contribution in [2.45, 2.75) is 19.3 Å². The maximum Gasteiger partial charge on any atom is 0.414 e. The quantitative estimate of drug-likeness (QED) is 0.706. The number of hydrogen-bond donors (Lipinski definition) is 2. The normalized spacial score (nSPS) is 13.8. The fourth-order valence-electron chi connectivity index (χ4n) is 3.25. The molecule has 1 heterocycles. The summed E-state index contributed by atoms with van der Waals surface area (Å²) in [6.07, 6.45) is 2.84. The number of amides is 1. The van der Waals surface area contributed by atoms with Crippen LogP contribution in [0.5, 0.6) is 0 Å². The molecule has 0 atom stereocenters. The average Bonchev–Trinajstić information content (AvgIpc) is 2.76. The zero-order valence-corrected chi connectivity index (χ0v) is 16.9. The van der Waals surface area contributed by atoms with Crippen molar-refractivity contribution >= 4 is 17.8 Å². The van der Waals surface area contributed by atoms with E-state index in [4.69, 9.17) is 19.8 Å². The van der Waals surface area contributed by atoms with Gasteiger partial charge < -0.3 is 15.1 Å². The van der Waals surface area contributed by atoms with Gasteiger partial charge in [-0.25, -0.2) is 9.59 Å². The van der Waals surface area contributed by atoms with Gasteiger partial charge in [0.15, 0.2) is 0 Å². The second-order valence-electron chi connectivity index (χ2n) is 7.08. The van der Waals surface area contributed by atoms with E-state index in [1.54, 1.807) is 0 Å². The molecule has 0 bridgehead atoms. The molecule has 7 heteroatoms. The summed E-state index contributed by atoms with van der Waals surface area (Å²) in [6, 6.07) is 20.7. The SMILES string of the molecule is O=C(Cc1ccccc1)N1CCN(CCCc2ccccc2)CC1.O=C(O)C(=O)O. The zero-order valence-electron chi connectivity index (χ0n) is 16.9. The lowest BCUT2D eigenvalue weighted by Gasteiger charge is -2.34. The Bertz CT molecular complexity index is 791. The Morgan fingerprint density at radius 1 is 0.733 bits per heavy atom. The Labute approximate surface area is 176 Å². The molecule has 0 aliphatic carbocycles. The first-order valence-electron chi connectivity index (χ1n) is 10.00. The van der Waals surface area contributed by atoms with E-state index in [2.05, 4.69) is 35.2 Å². The van der Waals surface area contributed by atoms with E-state index >= 15 is 0 Å². The summed E-state index contributed by atoms with van der Waals surface area (Å²) >= 11 is 0. The summed E-state index contributed by atoms with van der Waals surface area (Å²) in [6.45, 7) is 4.83. The number of carbonyl (C=O) groups is 3. The van der Waals surface area contributed by atoms with E-state index < -0.39 is 11.9 Å². The second kappa shape index (κ2) is 12.4. The van der Waals surface area contributed by atoms with Crippen LogP contribution in [-0.4, -0.2) is 70.6 Å². The van der Waals surface area contributed by atoms with Crippen molar-refractivity contribution in [3.8, 4) is 0 Å². The molecule has 2 aromatic rings. The summed E-state index contributed by atoms with van der Waals surface area (Å²) in [7, 11) is 0. The molecule has 160 valence electrons. The van der Waals surface area contributed by atoms with Crippen LogP contribution in [0.15, 0.2) is 60.7 Å². The summed E-state index contributed by atoms with van der Waals surface area (Å²) in [5, 5.41) is 14.8. The number of piperazine rings is 1. The van der Waals surface area contributed by atoms with Crippen LogP contribution < -0.4 is 0 Å². The Balaban J connectivity index is 0.000000469. The molecular formula is C23H28N2O5. The predicted molar refractivity (Wildman–Crippen MR) is 113 cm³/mol. The van der Waals surface area contributed by atoms with Gasteiger partial charge in [0.05, 0.1) is 6.42 Å². The predicted octanol–water partition coefficient (Wildman–Crippen LogP) is 2.16. The molecule has 2 N–H and O–H groups in total. The molecule has 0 spiro atoms. The third kappa shape index (κ3) is 8.45. The van der Waals surface area contributed by atoms with Crippen molar-refractivity contribution in [1.29, 1.82) is 0 Å². The van der Waals surface area contributed by atoms with Gasteiger partial charge >= 0.3 is 11.9 Å². The van der Waals surface area contributed by atoms with Gasteiger partial charge in [-0.1, -0.05) is 60.7 Å². The molecule has 1 amide bonds. The molecule has 2 aromatic carbocycles. The minimum Gasteiger partial charge on any atom is -0.473 e. The van der Waals surface area contributed by atoms with Crippen LogP contribution in [0.4, 0.5) is 0 Å². The summed E-state index contributed by atoms with van der Waals surface area (Å²) in [5.41, 5.74) is 2.52. The first-order valence-corrected chi connectivity index (χ1v) is 10.00. The fourth-order valence-corrected chi connectivity index (χ4v) is 3.25. The van der Waals surface area contributed by atoms with E-state index in [0.717, 1.165) is 44.7 Å².